The van der Waals surface area contributed by atoms with Gasteiger partial charge in [-0.3, -0.25) is 0 Å². The number of aromatic nitrogens is 1. The highest BCUT2D eigenvalue weighted by Gasteiger charge is 2.40. The van der Waals surface area contributed by atoms with Gasteiger partial charge in [-0.2, -0.15) is 5.26 Å². The van der Waals surface area contributed by atoms with Crippen LogP contribution in [0.25, 0.3) is 0 Å². The number of carbonyl (C=O) groups is 1. The summed E-state index contributed by atoms with van der Waals surface area (Å²) in [6, 6.07) is 3.84. The smallest absolute Gasteiger partial charge is 0.329 e. The molecule has 0 amide bonds. The van der Waals surface area contributed by atoms with Crippen LogP contribution in [0.3, 0.4) is 0 Å². The van der Waals surface area contributed by atoms with Gasteiger partial charge in [-0.25, -0.2) is 9.78 Å². The lowest BCUT2D eigenvalue weighted by Crippen LogP contribution is -2.48. The van der Waals surface area contributed by atoms with E-state index in [1.165, 1.54) is 0 Å². The number of aliphatic carboxylic acids is 1. The van der Waals surface area contributed by atoms with Crippen LogP contribution in [0, 0.1) is 18.3 Å². The van der Waals surface area contributed by atoms with Gasteiger partial charge in [0.1, 0.15) is 17.4 Å². The first kappa shape index (κ1) is 13.3. The van der Waals surface area contributed by atoms with Crippen LogP contribution in [0.4, 0.5) is 5.82 Å². The Bertz CT molecular complexity index is 528. The number of nitriles is 1. The van der Waals surface area contributed by atoms with Crippen molar-refractivity contribution in [2.24, 2.45) is 0 Å². The summed E-state index contributed by atoms with van der Waals surface area (Å²) in [7, 11) is 0. The third-order valence-electron chi connectivity index (χ3n) is 3.75. The van der Waals surface area contributed by atoms with Gasteiger partial charge < -0.3 is 10.4 Å². The molecule has 0 saturated heterocycles. The van der Waals surface area contributed by atoms with Crippen molar-refractivity contribution in [2.75, 3.05) is 5.32 Å². The highest BCUT2D eigenvalue weighted by Crippen LogP contribution is 2.32. The number of nitrogens with zero attached hydrogens (tertiary/aromatic N) is 2. The van der Waals surface area contributed by atoms with Gasteiger partial charge in [0.15, 0.2) is 0 Å². The number of rotatable bonds is 3. The normalized spacial score (nSPS) is 17.5. The molecule has 1 aromatic rings. The van der Waals surface area contributed by atoms with E-state index >= 15 is 0 Å². The molecule has 1 aliphatic rings. The van der Waals surface area contributed by atoms with Crippen LogP contribution in [0.15, 0.2) is 12.3 Å². The zero-order valence-corrected chi connectivity index (χ0v) is 10.9. The van der Waals surface area contributed by atoms with Gasteiger partial charge in [-0.1, -0.05) is 19.3 Å². The maximum Gasteiger partial charge on any atom is 0.329 e. The summed E-state index contributed by atoms with van der Waals surface area (Å²) in [5.41, 5.74) is 0.245. The second-order valence-corrected chi connectivity index (χ2v) is 5.04. The van der Waals surface area contributed by atoms with E-state index in [4.69, 9.17) is 0 Å². The van der Waals surface area contributed by atoms with Crippen molar-refractivity contribution in [3.63, 3.8) is 0 Å². The van der Waals surface area contributed by atoms with E-state index in [-0.39, 0.29) is 0 Å². The molecule has 0 aliphatic heterocycles. The fraction of sp³-hybridized carbons (Fsp3) is 0.500. The summed E-state index contributed by atoms with van der Waals surface area (Å²) in [6.45, 7) is 1.82. The highest BCUT2D eigenvalue weighted by atomic mass is 16.4. The first-order chi connectivity index (χ1) is 9.09. The molecule has 0 unspecified atom stereocenters. The Kier molecular flexibility index (Phi) is 3.70. The molecule has 0 aromatic carbocycles. The van der Waals surface area contributed by atoms with E-state index in [1.54, 1.807) is 12.3 Å². The average Bonchev–Trinajstić information content (AvgIpc) is 2.40. The van der Waals surface area contributed by atoms with Gasteiger partial charge in [0, 0.05) is 6.20 Å². The molecule has 1 fully saturated rings. The van der Waals surface area contributed by atoms with Gasteiger partial charge in [0.05, 0.1) is 5.56 Å². The number of hydrogen-bond acceptors (Lipinski definition) is 4. The summed E-state index contributed by atoms with van der Waals surface area (Å²) >= 11 is 0. The van der Waals surface area contributed by atoms with Gasteiger partial charge in [-0.05, 0) is 31.4 Å². The molecule has 1 aliphatic carbocycles. The summed E-state index contributed by atoms with van der Waals surface area (Å²) < 4.78 is 0. The number of carboxylic acids is 1. The maximum atomic E-state index is 11.6. The van der Waals surface area contributed by atoms with Crippen molar-refractivity contribution in [1.82, 2.24) is 4.98 Å². The molecule has 1 saturated carbocycles. The molecule has 5 nitrogen and oxygen atoms in total. The van der Waals surface area contributed by atoms with E-state index in [1.807, 2.05) is 6.92 Å². The largest absolute Gasteiger partial charge is 0.480 e. The zero-order chi connectivity index (χ0) is 13.9. The maximum absolute atomic E-state index is 11.6. The SMILES string of the molecule is Cc1ccnc(NC2(C(=O)O)CCCCC2)c1C#N. The van der Waals surface area contributed by atoms with Crippen LogP contribution in [-0.2, 0) is 4.79 Å². The molecule has 2 N–H and O–H groups in total. The zero-order valence-electron chi connectivity index (χ0n) is 10.9. The van der Waals surface area contributed by atoms with Crippen LogP contribution >= 0.6 is 0 Å². The summed E-state index contributed by atoms with van der Waals surface area (Å²) in [6.07, 6.45) is 5.56. The summed E-state index contributed by atoms with van der Waals surface area (Å²) in [4.78, 5) is 15.7. The van der Waals surface area contributed by atoms with Crippen molar-refractivity contribution in [3.05, 3.63) is 23.4 Å². The topological polar surface area (TPSA) is 86.0 Å². The lowest BCUT2D eigenvalue weighted by molar-refractivity contribution is -0.143. The van der Waals surface area contributed by atoms with Gasteiger partial charge in [0.2, 0.25) is 0 Å². The van der Waals surface area contributed by atoms with E-state index < -0.39 is 11.5 Å². The van der Waals surface area contributed by atoms with Crippen LogP contribution in [0.1, 0.15) is 43.2 Å². The Hall–Kier alpha value is -2.09. The van der Waals surface area contributed by atoms with Gasteiger partial charge in [0.25, 0.3) is 0 Å². The fourth-order valence-electron chi connectivity index (χ4n) is 2.57. The average molecular weight is 259 g/mol. The molecular formula is C14H17N3O2. The minimum atomic E-state index is -0.982. The quantitative estimate of drug-likeness (QED) is 0.870. The molecule has 2 rings (SSSR count). The predicted octanol–water partition coefficient (Wildman–Crippen LogP) is 2.46. The number of hydrogen-bond donors (Lipinski definition) is 2. The summed E-state index contributed by atoms with van der Waals surface area (Å²) in [5, 5.41) is 21.7. The third-order valence-corrected chi connectivity index (χ3v) is 3.75. The molecule has 0 bridgehead atoms. The van der Waals surface area contributed by atoms with E-state index in [9.17, 15) is 15.2 Å². The van der Waals surface area contributed by atoms with Crippen molar-refractivity contribution >= 4 is 11.8 Å². The number of aryl methyl sites for hydroxylation is 1. The highest BCUT2D eigenvalue weighted by molar-refractivity contribution is 5.83. The van der Waals surface area contributed by atoms with Crippen LogP contribution in [-0.4, -0.2) is 21.6 Å². The second-order valence-electron chi connectivity index (χ2n) is 5.04. The van der Waals surface area contributed by atoms with Crippen molar-refractivity contribution in [2.45, 2.75) is 44.6 Å². The van der Waals surface area contributed by atoms with E-state index in [0.717, 1.165) is 24.8 Å². The summed E-state index contributed by atoms with van der Waals surface area (Å²) in [5.74, 6) is -0.480. The van der Waals surface area contributed by atoms with Crippen molar-refractivity contribution in [1.29, 1.82) is 5.26 Å². The third kappa shape index (κ3) is 2.53. The van der Waals surface area contributed by atoms with Crippen LogP contribution in [0.2, 0.25) is 0 Å². The number of nitrogens with one attached hydrogen (secondary N) is 1. The van der Waals surface area contributed by atoms with Crippen molar-refractivity contribution in [3.8, 4) is 6.07 Å². The van der Waals surface area contributed by atoms with Crippen molar-refractivity contribution < 1.29 is 9.90 Å². The molecule has 0 atom stereocenters. The Morgan fingerprint density at radius 2 is 2.16 bits per heavy atom. The second kappa shape index (κ2) is 5.27. The monoisotopic (exact) mass is 259 g/mol. The van der Waals surface area contributed by atoms with Gasteiger partial charge in [-0.15, -0.1) is 0 Å². The first-order valence-electron chi connectivity index (χ1n) is 6.46. The lowest BCUT2D eigenvalue weighted by atomic mass is 9.81. The molecule has 1 aromatic heterocycles. The Balaban J connectivity index is 2.35. The molecule has 1 heterocycles. The minimum Gasteiger partial charge on any atom is -0.480 e. The van der Waals surface area contributed by atoms with Crippen LogP contribution < -0.4 is 5.32 Å². The molecule has 5 heteroatoms. The molecule has 0 spiro atoms. The predicted molar refractivity (Wildman–Crippen MR) is 70.8 cm³/mol. The van der Waals surface area contributed by atoms with E-state index in [0.29, 0.717) is 24.2 Å². The van der Waals surface area contributed by atoms with Crippen LogP contribution in [0.5, 0.6) is 0 Å². The lowest BCUT2D eigenvalue weighted by Gasteiger charge is -2.34. The van der Waals surface area contributed by atoms with E-state index in [2.05, 4.69) is 16.4 Å². The number of pyridine rings is 1. The number of carboxylic acid groups (broad SMARTS) is 1. The molecule has 19 heavy (non-hydrogen) atoms. The molecule has 0 radical (unpaired) electrons. The van der Waals surface area contributed by atoms with Gasteiger partial charge >= 0.3 is 5.97 Å². The Labute approximate surface area is 112 Å². The molecule has 100 valence electrons. The molecular weight excluding hydrogens is 242 g/mol. The fourth-order valence-corrected chi connectivity index (χ4v) is 2.57. The number of anilines is 1. The minimum absolute atomic E-state index is 0.381. The first-order valence-corrected chi connectivity index (χ1v) is 6.46. The standard InChI is InChI=1S/C14H17N3O2/c1-10-5-8-16-12(11(10)9-15)17-14(13(18)19)6-3-2-4-7-14/h5,8H,2-4,6-7H2,1H3,(H,16,17)(H,18,19). The Morgan fingerprint density at radius 3 is 2.74 bits per heavy atom. The Morgan fingerprint density at radius 1 is 1.47 bits per heavy atom.